The number of carbonyl (C=O) groups is 2. The van der Waals surface area contributed by atoms with Gasteiger partial charge in [0.25, 0.3) is 5.91 Å². The molecular formula is C19H16N2O5S2. The van der Waals surface area contributed by atoms with E-state index in [9.17, 15) is 14.7 Å². The van der Waals surface area contributed by atoms with Crippen LogP contribution in [0, 0.1) is 0 Å². The average Bonchev–Trinajstić information content (AvgIpc) is 3.09. The van der Waals surface area contributed by atoms with Crippen LogP contribution in [0.3, 0.4) is 0 Å². The summed E-state index contributed by atoms with van der Waals surface area (Å²) in [7, 11) is 0. The third-order valence-corrected chi connectivity index (χ3v) is 5.14. The Hall–Kier alpha value is -3.04. The number of aromatic hydroxyl groups is 1. The predicted molar refractivity (Wildman–Crippen MR) is 108 cm³/mol. The molecule has 3 aromatic rings. The first kappa shape index (κ1) is 19.7. The lowest BCUT2D eigenvalue weighted by atomic mass is 10.2. The number of amides is 1. The number of carboxylic acid groups (broad SMARTS) is 1. The molecule has 0 radical (unpaired) electrons. The SMILES string of the molecule is O=C(O)CSCc1csc(NC(=O)c2cc(O)cc(Oc3ccccc3)c2)n1. The highest BCUT2D eigenvalue weighted by Crippen LogP contribution is 2.27. The van der Waals surface area contributed by atoms with Crippen molar-refractivity contribution < 1.29 is 24.5 Å². The summed E-state index contributed by atoms with van der Waals surface area (Å²) in [6.07, 6.45) is 0. The molecule has 1 aromatic heterocycles. The summed E-state index contributed by atoms with van der Waals surface area (Å²) in [6, 6.07) is 13.3. The number of nitrogens with zero attached hydrogens (tertiary/aromatic N) is 1. The number of hydrogen-bond donors (Lipinski definition) is 3. The van der Waals surface area contributed by atoms with Crippen molar-refractivity contribution in [3.05, 3.63) is 65.2 Å². The summed E-state index contributed by atoms with van der Waals surface area (Å²) in [6.45, 7) is 0. The highest BCUT2D eigenvalue weighted by atomic mass is 32.2. The van der Waals surface area contributed by atoms with Crippen LogP contribution in [0.1, 0.15) is 16.1 Å². The summed E-state index contributed by atoms with van der Waals surface area (Å²) >= 11 is 2.48. The second-order valence-corrected chi connectivity index (χ2v) is 7.46. The highest BCUT2D eigenvalue weighted by Gasteiger charge is 2.13. The van der Waals surface area contributed by atoms with E-state index in [0.717, 1.165) is 0 Å². The highest BCUT2D eigenvalue weighted by molar-refractivity contribution is 7.99. The Morgan fingerprint density at radius 3 is 2.68 bits per heavy atom. The molecule has 28 heavy (non-hydrogen) atoms. The number of thioether (sulfide) groups is 1. The van der Waals surface area contributed by atoms with Crippen LogP contribution in [-0.2, 0) is 10.5 Å². The minimum Gasteiger partial charge on any atom is -0.508 e. The number of phenolic OH excluding ortho intramolecular Hbond substituents is 1. The number of carboxylic acids is 1. The summed E-state index contributed by atoms with van der Waals surface area (Å²) in [5, 5.41) is 23.4. The van der Waals surface area contributed by atoms with Gasteiger partial charge in [-0.1, -0.05) is 18.2 Å². The van der Waals surface area contributed by atoms with Gasteiger partial charge in [-0.05, 0) is 24.3 Å². The Bertz CT molecular complexity index is 975. The van der Waals surface area contributed by atoms with Gasteiger partial charge in [0, 0.05) is 22.8 Å². The van der Waals surface area contributed by atoms with Crippen molar-refractivity contribution in [1.29, 1.82) is 0 Å². The van der Waals surface area contributed by atoms with Crippen LogP contribution in [0.15, 0.2) is 53.9 Å². The van der Waals surface area contributed by atoms with Gasteiger partial charge >= 0.3 is 5.97 Å². The van der Waals surface area contributed by atoms with E-state index < -0.39 is 11.9 Å². The molecule has 2 aromatic carbocycles. The fourth-order valence-electron chi connectivity index (χ4n) is 2.24. The number of thiazole rings is 1. The maximum atomic E-state index is 12.5. The Kier molecular flexibility index (Phi) is 6.51. The number of aliphatic carboxylic acids is 1. The van der Waals surface area contributed by atoms with Crippen molar-refractivity contribution in [3.8, 4) is 17.2 Å². The summed E-state index contributed by atoms with van der Waals surface area (Å²) in [4.78, 5) is 27.3. The first-order valence-electron chi connectivity index (χ1n) is 8.12. The van der Waals surface area contributed by atoms with Gasteiger partial charge < -0.3 is 14.9 Å². The number of nitrogens with one attached hydrogen (secondary N) is 1. The van der Waals surface area contributed by atoms with Crippen molar-refractivity contribution in [2.45, 2.75) is 5.75 Å². The van der Waals surface area contributed by atoms with Crippen LogP contribution in [-0.4, -0.2) is 32.8 Å². The van der Waals surface area contributed by atoms with Crippen LogP contribution in [0.25, 0.3) is 0 Å². The monoisotopic (exact) mass is 416 g/mol. The van der Waals surface area contributed by atoms with Crippen LogP contribution in [0.5, 0.6) is 17.2 Å². The zero-order valence-electron chi connectivity index (χ0n) is 14.5. The fraction of sp³-hybridized carbons (Fsp3) is 0.105. The second-order valence-electron chi connectivity index (χ2n) is 5.62. The van der Waals surface area contributed by atoms with E-state index >= 15 is 0 Å². The van der Waals surface area contributed by atoms with E-state index in [2.05, 4.69) is 10.3 Å². The van der Waals surface area contributed by atoms with Crippen molar-refractivity contribution in [2.75, 3.05) is 11.1 Å². The molecule has 9 heteroatoms. The molecule has 0 aliphatic rings. The number of ether oxygens (including phenoxy) is 1. The molecule has 1 heterocycles. The van der Waals surface area contributed by atoms with Gasteiger partial charge in [-0.25, -0.2) is 4.98 Å². The molecule has 1 amide bonds. The van der Waals surface area contributed by atoms with E-state index in [-0.39, 0.29) is 17.1 Å². The van der Waals surface area contributed by atoms with E-state index in [1.165, 1.54) is 41.3 Å². The molecule has 144 valence electrons. The summed E-state index contributed by atoms with van der Waals surface area (Å²) in [5.74, 6) is -0.0567. The third kappa shape index (κ3) is 5.73. The van der Waals surface area contributed by atoms with Crippen LogP contribution in [0.4, 0.5) is 5.13 Å². The van der Waals surface area contributed by atoms with Crippen molar-refractivity contribution in [2.24, 2.45) is 0 Å². The van der Waals surface area contributed by atoms with Crippen molar-refractivity contribution in [1.82, 2.24) is 4.98 Å². The van der Waals surface area contributed by atoms with E-state index in [0.29, 0.717) is 28.1 Å². The van der Waals surface area contributed by atoms with Crippen LogP contribution >= 0.6 is 23.1 Å². The van der Waals surface area contributed by atoms with Crippen molar-refractivity contribution >= 4 is 40.1 Å². The Balaban J connectivity index is 1.65. The molecule has 0 bridgehead atoms. The molecule has 0 aliphatic carbocycles. The van der Waals surface area contributed by atoms with Crippen molar-refractivity contribution in [3.63, 3.8) is 0 Å². The lowest BCUT2D eigenvalue weighted by molar-refractivity contribution is -0.133. The zero-order chi connectivity index (χ0) is 19.9. The summed E-state index contributed by atoms with van der Waals surface area (Å²) in [5.41, 5.74) is 0.915. The van der Waals surface area contributed by atoms with E-state index in [4.69, 9.17) is 9.84 Å². The summed E-state index contributed by atoms with van der Waals surface area (Å²) < 4.78 is 5.66. The fourth-order valence-corrected chi connectivity index (χ4v) is 3.69. The maximum absolute atomic E-state index is 12.5. The molecule has 0 aliphatic heterocycles. The average molecular weight is 416 g/mol. The normalized spacial score (nSPS) is 10.4. The molecule has 3 rings (SSSR count). The lowest BCUT2D eigenvalue weighted by Crippen LogP contribution is -2.11. The number of para-hydroxylation sites is 1. The van der Waals surface area contributed by atoms with Crippen LogP contribution < -0.4 is 10.1 Å². The number of phenols is 1. The number of rotatable bonds is 8. The molecule has 3 N–H and O–H groups in total. The van der Waals surface area contributed by atoms with Crippen LogP contribution in [0.2, 0.25) is 0 Å². The first-order chi connectivity index (χ1) is 13.5. The number of aromatic nitrogens is 1. The van der Waals surface area contributed by atoms with Gasteiger partial charge in [0.05, 0.1) is 11.4 Å². The van der Waals surface area contributed by atoms with Gasteiger partial charge in [-0.2, -0.15) is 0 Å². The molecular weight excluding hydrogens is 400 g/mol. The predicted octanol–water partition coefficient (Wildman–Crippen LogP) is 4.21. The third-order valence-electron chi connectivity index (χ3n) is 3.38. The first-order valence-corrected chi connectivity index (χ1v) is 10.2. The topological polar surface area (TPSA) is 109 Å². The molecule has 7 nitrogen and oxygen atoms in total. The number of anilines is 1. The molecule has 0 saturated carbocycles. The molecule has 0 unspecified atom stereocenters. The number of benzene rings is 2. The minimum absolute atomic E-state index is 0.00724. The van der Waals surface area contributed by atoms with Gasteiger partial charge in [-0.15, -0.1) is 23.1 Å². The van der Waals surface area contributed by atoms with Gasteiger partial charge in [0.2, 0.25) is 0 Å². The molecule has 0 fully saturated rings. The van der Waals surface area contributed by atoms with Gasteiger partial charge in [0.1, 0.15) is 17.2 Å². The van der Waals surface area contributed by atoms with E-state index in [1.807, 2.05) is 18.2 Å². The lowest BCUT2D eigenvalue weighted by Gasteiger charge is -2.08. The quantitative estimate of drug-likeness (QED) is 0.505. The molecule has 0 atom stereocenters. The Morgan fingerprint density at radius 1 is 1.14 bits per heavy atom. The Labute approximate surface area is 169 Å². The smallest absolute Gasteiger partial charge is 0.313 e. The Morgan fingerprint density at radius 2 is 1.93 bits per heavy atom. The number of hydrogen-bond acceptors (Lipinski definition) is 7. The number of carbonyl (C=O) groups excluding carboxylic acids is 1. The zero-order valence-corrected chi connectivity index (χ0v) is 16.1. The van der Waals surface area contributed by atoms with Gasteiger partial charge in [0.15, 0.2) is 5.13 Å². The maximum Gasteiger partial charge on any atom is 0.313 e. The minimum atomic E-state index is -0.883. The standard InChI is InChI=1S/C19H16N2O5S2/c22-14-6-12(7-16(8-14)26-15-4-2-1-3-5-15)18(25)21-19-20-13(10-28-19)9-27-11-17(23)24/h1-8,10,22H,9,11H2,(H,23,24)(H,20,21,25). The molecule has 0 saturated heterocycles. The van der Waals surface area contributed by atoms with E-state index in [1.54, 1.807) is 17.5 Å². The molecule has 0 spiro atoms. The second kappa shape index (κ2) is 9.25. The largest absolute Gasteiger partial charge is 0.508 e. The van der Waals surface area contributed by atoms with Gasteiger partial charge in [-0.3, -0.25) is 14.9 Å².